The molecule has 0 radical (unpaired) electrons. The van der Waals surface area contributed by atoms with E-state index < -0.39 is 10.0 Å². The average molecular weight is 331 g/mol. The molecule has 0 aliphatic rings. The number of benzene rings is 2. The number of Topliss-reactive ketones (excluding diaryl/α,β-unsaturated/α-hetero) is 1. The second kappa shape index (κ2) is 5.40. The molecule has 0 unspecified atom stereocenters. The van der Waals surface area contributed by atoms with E-state index in [0.717, 1.165) is 0 Å². The third kappa shape index (κ3) is 3.02. The summed E-state index contributed by atoms with van der Waals surface area (Å²) in [6.07, 6.45) is 0. The van der Waals surface area contributed by atoms with Crippen molar-refractivity contribution in [1.29, 1.82) is 0 Å². The molecule has 0 saturated carbocycles. The van der Waals surface area contributed by atoms with Crippen molar-refractivity contribution in [3.8, 4) is 0 Å². The van der Waals surface area contributed by atoms with Gasteiger partial charge in [0.05, 0.1) is 21.6 Å². The fraction of sp³-hybridized carbons (Fsp3) is 0.0667. The summed E-state index contributed by atoms with van der Waals surface area (Å²) < 4.78 is 27.3. The van der Waals surface area contributed by atoms with Crippen molar-refractivity contribution in [3.63, 3.8) is 0 Å². The minimum Gasteiger partial charge on any atom is -0.306 e. The smallest absolute Gasteiger partial charge is 0.306 e. The zero-order chi connectivity index (χ0) is 16.6. The Kier molecular flexibility index (Phi) is 3.53. The predicted octanol–water partition coefficient (Wildman–Crippen LogP) is 1.86. The van der Waals surface area contributed by atoms with Crippen LogP contribution in [0.15, 0.2) is 52.2 Å². The number of carbonyl (C=O) groups is 1. The molecule has 0 bridgehead atoms. The molecule has 3 rings (SSSR count). The molecular weight excluding hydrogens is 318 g/mol. The first-order valence-electron chi connectivity index (χ1n) is 6.71. The first-order chi connectivity index (χ1) is 10.8. The van der Waals surface area contributed by atoms with Crippen LogP contribution in [0.4, 0.5) is 5.69 Å². The monoisotopic (exact) mass is 331 g/mol. The van der Waals surface area contributed by atoms with Crippen LogP contribution < -0.4 is 10.4 Å². The van der Waals surface area contributed by atoms with Crippen LogP contribution in [-0.4, -0.2) is 24.2 Å². The van der Waals surface area contributed by atoms with Gasteiger partial charge in [-0.25, -0.2) is 13.2 Å². The SMILES string of the molecule is CC(=O)c1cccc(S(=O)(=O)Nc2ccc3[nH]c(=O)[nH]c3c2)c1. The molecule has 7 nitrogen and oxygen atoms in total. The number of rotatable bonds is 4. The highest BCUT2D eigenvalue weighted by Crippen LogP contribution is 2.20. The van der Waals surface area contributed by atoms with E-state index in [2.05, 4.69) is 14.7 Å². The summed E-state index contributed by atoms with van der Waals surface area (Å²) in [4.78, 5) is 27.7. The van der Waals surface area contributed by atoms with Gasteiger partial charge in [-0.2, -0.15) is 0 Å². The molecule has 0 atom stereocenters. The lowest BCUT2D eigenvalue weighted by atomic mass is 10.2. The minimum absolute atomic E-state index is 0.00661. The molecule has 0 aliphatic heterocycles. The maximum atomic E-state index is 12.4. The molecule has 0 spiro atoms. The van der Waals surface area contributed by atoms with Gasteiger partial charge in [-0.1, -0.05) is 12.1 Å². The lowest BCUT2D eigenvalue weighted by molar-refractivity contribution is 0.101. The Hall–Kier alpha value is -2.87. The number of nitrogens with one attached hydrogen (secondary N) is 3. The van der Waals surface area contributed by atoms with Crippen LogP contribution in [0.5, 0.6) is 0 Å². The van der Waals surface area contributed by atoms with Crippen molar-refractivity contribution in [2.24, 2.45) is 0 Å². The predicted molar refractivity (Wildman–Crippen MR) is 86.2 cm³/mol. The maximum Gasteiger partial charge on any atom is 0.323 e. The Labute approximate surface area is 131 Å². The van der Waals surface area contributed by atoms with E-state index in [-0.39, 0.29) is 16.4 Å². The average Bonchev–Trinajstić information content (AvgIpc) is 2.86. The maximum absolute atomic E-state index is 12.4. The van der Waals surface area contributed by atoms with E-state index in [1.165, 1.54) is 31.2 Å². The van der Waals surface area contributed by atoms with Gasteiger partial charge in [-0.3, -0.25) is 9.52 Å². The fourth-order valence-electron chi connectivity index (χ4n) is 2.19. The molecule has 118 valence electrons. The zero-order valence-corrected chi connectivity index (χ0v) is 12.9. The molecule has 0 saturated heterocycles. The van der Waals surface area contributed by atoms with Crippen LogP contribution in [0.3, 0.4) is 0 Å². The van der Waals surface area contributed by atoms with Gasteiger partial charge in [0, 0.05) is 5.56 Å². The van der Waals surface area contributed by atoms with Gasteiger partial charge in [-0.05, 0) is 37.3 Å². The van der Waals surface area contributed by atoms with E-state index in [9.17, 15) is 18.0 Å². The normalized spacial score (nSPS) is 11.5. The molecule has 8 heteroatoms. The van der Waals surface area contributed by atoms with Crippen molar-refractivity contribution in [1.82, 2.24) is 9.97 Å². The molecule has 0 aliphatic carbocycles. The summed E-state index contributed by atoms with van der Waals surface area (Å²) in [7, 11) is -3.84. The number of hydrogen-bond acceptors (Lipinski definition) is 4. The molecule has 2 aromatic carbocycles. The summed E-state index contributed by atoms with van der Waals surface area (Å²) in [6.45, 7) is 1.37. The lowest BCUT2D eigenvalue weighted by Crippen LogP contribution is -2.13. The molecule has 0 fully saturated rings. The van der Waals surface area contributed by atoms with Crippen molar-refractivity contribution >= 4 is 32.5 Å². The first kappa shape index (κ1) is 15.0. The Bertz CT molecular complexity index is 1060. The number of carbonyl (C=O) groups excluding carboxylic acids is 1. The van der Waals surface area contributed by atoms with Crippen molar-refractivity contribution < 1.29 is 13.2 Å². The van der Waals surface area contributed by atoms with Crippen LogP contribution in [0.25, 0.3) is 11.0 Å². The van der Waals surface area contributed by atoms with Gasteiger partial charge >= 0.3 is 5.69 Å². The second-order valence-electron chi connectivity index (χ2n) is 5.03. The van der Waals surface area contributed by atoms with Gasteiger partial charge in [0.25, 0.3) is 10.0 Å². The van der Waals surface area contributed by atoms with Gasteiger partial charge in [0.1, 0.15) is 0 Å². The number of H-pyrrole nitrogens is 2. The number of ketones is 1. The topological polar surface area (TPSA) is 112 Å². The van der Waals surface area contributed by atoms with Crippen LogP contribution in [-0.2, 0) is 10.0 Å². The fourth-order valence-corrected chi connectivity index (χ4v) is 3.29. The van der Waals surface area contributed by atoms with Crippen LogP contribution in [0.2, 0.25) is 0 Å². The number of hydrogen-bond donors (Lipinski definition) is 3. The highest BCUT2D eigenvalue weighted by molar-refractivity contribution is 7.92. The summed E-state index contributed by atoms with van der Waals surface area (Å²) in [5, 5.41) is 0. The molecule has 1 aromatic heterocycles. The Balaban J connectivity index is 1.97. The number of fused-ring (bicyclic) bond motifs is 1. The van der Waals surface area contributed by atoms with E-state index in [4.69, 9.17) is 0 Å². The largest absolute Gasteiger partial charge is 0.323 e. The Morgan fingerprint density at radius 2 is 1.78 bits per heavy atom. The van der Waals surface area contributed by atoms with E-state index >= 15 is 0 Å². The first-order valence-corrected chi connectivity index (χ1v) is 8.19. The van der Waals surface area contributed by atoms with Crippen LogP contribution >= 0.6 is 0 Å². The third-order valence-electron chi connectivity index (χ3n) is 3.32. The third-order valence-corrected chi connectivity index (χ3v) is 4.70. The molecule has 3 N–H and O–H groups in total. The quantitative estimate of drug-likeness (QED) is 0.633. The van der Waals surface area contributed by atoms with Crippen molar-refractivity contribution in [2.75, 3.05) is 4.72 Å². The molecule has 0 amide bonds. The number of sulfonamides is 1. The number of imidazole rings is 1. The number of aromatic amines is 2. The van der Waals surface area contributed by atoms with E-state index in [0.29, 0.717) is 22.3 Å². The molecular formula is C15H13N3O4S. The summed E-state index contributed by atoms with van der Waals surface area (Å²) in [5.74, 6) is -0.214. The van der Waals surface area contributed by atoms with Gasteiger partial charge in [-0.15, -0.1) is 0 Å². The standard InChI is InChI=1S/C15H13N3O4S/c1-9(19)10-3-2-4-12(7-10)23(21,22)18-11-5-6-13-14(8-11)17-15(20)16-13/h2-8,18H,1H3,(H2,16,17,20). The summed E-state index contributed by atoms with van der Waals surface area (Å²) in [6, 6.07) is 10.4. The summed E-state index contributed by atoms with van der Waals surface area (Å²) >= 11 is 0. The van der Waals surface area contributed by atoms with Crippen molar-refractivity contribution in [2.45, 2.75) is 11.8 Å². The minimum atomic E-state index is -3.84. The van der Waals surface area contributed by atoms with Gasteiger partial charge in [0.15, 0.2) is 5.78 Å². The van der Waals surface area contributed by atoms with E-state index in [1.54, 1.807) is 18.2 Å². The Morgan fingerprint density at radius 3 is 2.52 bits per heavy atom. The van der Waals surface area contributed by atoms with Crippen LogP contribution in [0, 0.1) is 0 Å². The number of anilines is 1. The molecule has 1 heterocycles. The Morgan fingerprint density at radius 1 is 1.04 bits per heavy atom. The van der Waals surface area contributed by atoms with E-state index in [1.807, 2.05) is 0 Å². The van der Waals surface area contributed by atoms with Crippen LogP contribution in [0.1, 0.15) is 17.3 Å². The number of aromatic nitrogens is 2. The highest BCUT2D eigenvalue weighted by atomic mass is 32.2. The van der Waals surface area contributed by atoms with Gasteiger partial charge < -0.3 is 9.97 Å². The molecule has 23 heavy (non-hydrogen) atoms. The van der Waals surface area contributed by atoms with Crippen molar-refractivity contribution in [3.05, 3.63) is 58.5 Å². The lowest BCUT2D eigenvalue weighted by Gasteiger charge is -2.09. The molecule has 3 aromatic rings. The zero-order valence-electron chi connectivity index (χ0n) is 12.1. The van der Waals surface area contributed by atoms with Gasteiger partial charge in [0.2, 0.25) is 0 Å². The highest BCUT2D eigenvalue weighted by Gasteiger charge is 2.16. The summed E-state index contributed by atoms with van der Waals surface area (Å²) in [5.41, 5.74) is 1.33. The second-order valence-corrected chi connectivity index (χ2v) is 6.71.